The largest absolute Gasteiger partial charge is 0.450 e. The highest BCUT2D eigenvalue weighted by atomic mass is 32.2. The van der Waals surface area contributed by atoms with Crippen LogP contribution in [0.2, 0.25) is 0 Å². The van der Waals surface area contributed by atoms with Crippen LogP contribution in [0.5, 0.6) is 0 Å². The molecule has 7 heteroatoms. The summed E-state index contributed by atoms with van der Waals surface area (Å²) in [6.45, 7) is 6.50. The zero-order valence-electron chi connectivity index (χ0n) is 16.8. The number of carbonyl (C=O) groups is 2. The van der Waals surface area contributed by atoms with Crippen LogP contribution in [0, 0.1) is 0 Å². The van der Waals surface area contributed by atoms with Crippen molar-refractivity contribution in [2.75, 3.05) is 38.1 Å². The van der Waals surface area contributed by atoms with E-state index >= 15 is 0 Å². The maximum absolute atomic E-state index is 12.9. The fourth-order valence-corrected chi connectivity index (χ4v) is 4.11. The maximum Gasteiger partial charge on any atom is 0.409 e. The Hall–Kier alpha value is -2.51. The summed E-state index contributed by atoms with van der Waals surface area (Å²) in [7, 11) is 0. The predicted octanol–water partition coefficient (Wildman–Crippen LogP) is 3.94. The van der Waals surface area contributed by atoms with Crippen LogP contribution in [0.1, 0.15) is 13.8 Å². The molecule has 1 heterocycles. The van der Waals surface area contributed by atoms with Crippen LogP contribution in [-0.2, 0) is 9.53 Å². The fraction of sp³-hybridized carbons (Fsp3) is 0.364. The number of ether oxygens (including phenoxy) is 1. The zero-order chi connectivity index (χ0) is 20.6. The van der Waals surface area contributed by atoms with Crippen LogP contribution in [0.3, 0.4) is 0 Å². The number of nitrogens with zero attached hydrogens (tertiary/aromatic N) is 2. The van der Waals surface area contributed by atoms with Crippen molar-refractivity contribution in [3.8, 4) is 0 Å². The monoisotopic (exact) mass is 413 g/mol. The summed E-state index contributed by atoms with van der Waals surface area (Å²) in [5, 5.41) is 3.08. The third-order valence-corrected chi connectivity index (χ3v) is 5.97. The maximum atomic E-state index is 12.9. The second-order valence-electron chi connectivity index (χ2n) is 6.80. The lowest BCUT2D eigenvalue weighted by atomic mass is 10.2. The van der Waals surface area contributed by atoms with Gasteiger partial charge in [0.25, 0.3) is 0 Å². The number of hydrogen-bond acceptors (Lipinski definition) is 5. The van der Waals surface area contributed by atoms with Crippen LogP contribution in [0.15, 0.2) is 64.4 Å². The first kappa shape index (κ1) is 21.2. The molecule has 2 aromatic rings. The summed E-state index contributed by atoms with van der Waals surface area (Å²) < 4.78 is 5.05. The lowest BCUT2D eigenvalue weighted by Gasteiger charge is -2.36. The van der Waals surface area contributed by atoms with Gasteiger partial charge in [-0.15, -0.1) is 0 Å². The van der Waals surface area contributed by atoms with Gasteiger partial charge in [-0.1, -0.05) is 42.1 Å². The van der Waals surface area contributed by atoms with E-state index in [1.165, 1.54) is 0 Å². The highest BCUT2D eigenvalue weighted by Gasteiger charge is 2.28. The highest BCUT2D eigenvalue weighted by molar-refractivity contribution is 7.99. The molecule has 154 valence electrons. The summed E-state index contributed by atoms with van der Waals surface area (Å²) in [5.74, 6) is -0.0457. The summed E-state index contributed by atoms with van der Waals surface area (Å²) >= 11 is 1.63. The van der Waals surface area contributed by atoms with Gasteiger partial charge in [0.2, 0.25) is 5.91 Å². The minimum absolute atomic E-state index is 0.0457. The fourth-order valence-electron chi connectivity index (χ4n) is 3.18. The van der Waals surface area contributed by atoms with Gasteiger partial charge in [-0.25, -0.2) is 4.79 Å². The van der Waals surface area contributed by atoms with E-state index in [0.717, 1.165) is 15.5 Å². The molecule has 0 bridgehead atoms. The van der Waals surface area contributed by atoms with Crippen molar-refractivity contribution in [1.29, 1.82) is 0 Å². The van der Waals surface area contributed by atoms with Gasteiger partial charge in [-0.2, -0.15) is 0 Å². The number of amides is 2. The third kappa shape index (κ3) is 5.74. The van der Waals surface area contributed by atoms with Gasteiger partial charge in [0, 0.05) is 36.0 Å². The van der Waals surface area contributed by atoms with Crippen LogP contribution in [-0.4, -0.2) is 60.6 Å². The quantitative estimate of drug-likeness (QED) is 0.777. The summed E-state index contributed by atoms with van der Waals surface area (Å²) in [6.07, 6.45) is -0.281. The number of rotatable bonds is 6. The Morgan fingerprint density at radius 2 is 1.69 bits per heavy atom. The molecule has 0 aliphatic carbocycles. The van der Waals surface area contributed by atoms with Gasteiger partial charge in [-0.3, -0.25) is 9.69 Å². The van der Waals surface area contributed by atoms with E-state index in [2.05, 4.69) is 22.3 Å². The Bertz CT molecular complexity index is 823. The standard InChI is InChI=1S/C22H27N3O3S/c1-3-28-22(27)25-15-13-24(14-16-25)17(2)21(26)23-19-11-7-8-12-20(19)29-18-9-5-4-6-10-18/h4-12,17H,3,13-16H2,1-2H3,(H,23,26)/t17-/m0/s1. The molecule has 1 aliphatic rings. The molecule has 1 N–H and O–H groups in total. The van der Waals surface area contributed by atoms with Crippen LogP contribution < -0.4 is 5.32 Å². The molecule has 6 nitrogen and oxygen atoms in total. The van der Waals surface area contributed by atoms with Crippen molar-refractivity contribution in [3.63, 3.8) is 0 Å². The first-order chi connectivity index (χ1) is 14.1. The highest BCUT2D eigenvalue weighted by Crippen LogP contribution is 2.33. The minimum Gasteiger partial charge on any atom is -0.450 e. The second-order valence-corrected chi connectivity index (χ2v) is 7.91. The molecule has 2 amide bonds. The van der Waals surface area contributed by atoms with Gasteiger partial charge in [-0.05, 0) is 38.1 Å². The minimum atomic E-state index is -0.283. The van der Waals surface area contributed by atoms with E-state index < -0.39 is 0 Å². The number of para-hydroxylation sites is 1. The zero-order valence-corrected chi connectivity index (χ0v) is 17.7. The Labute approximate surface area is 176 Å². The predicted molar refractivity (Wildman–Crippen MR) is 115 cm³/mol. The Morgan fingerprint density at radius 3 is 2.38 bits per heavy atom. The van der Waals surface area contributed by atoms with Crippen molar-refractivity contribution in [2.45, 2.75) is 29.7 Å². The smallest absolute Gasteiger partial charge is 0.409 e. The number of nitrogens with one attached hydrogen (secondary N) is 1. The molecule has 1 atom stereocenters. The summed E-state index contributed by atoms with van der Waals surface area (Å²) in [5.41, 5.74) is 0.809. The SMILES string of the molecule is CCOC(=O)N1CCN([C@@H](C)C(=O)Nc2ccccc2Sc2ccccc2)CC1. The molecular weight excluding hydrogens is 386 g/mol. The lowest BCUT2D eigenvalue weighted by Crippen LogP contribution is -2.54. The average Bonchev–Trinajstić information content (AvgIpc) is 2.75. The van der Waals surface area contributed by atoms with Gasteiger partial charge >= 0.3 is 6.09 Å². The van der Waals surface area contributed by atoms with Crippen molar-refractivity contribution in [1.82, 2.24) is 9.80 Å². The molecule has 1 saturated heterocycles. The van der Waals surface area contributed by atoms with Gasteiger partial charge in [0.05, 0.1) is 18.3 Å². The van der Waals surface area contributed by atoms with Gasteiger partial charge in [0.15, 0.2) is 0 Å². The normalized spacial score (nSPS) is 15.6. The number of carbonyl (C=O) groups excluding carboxylic acids is 2. The average molecular weight is 414 g/mol. The van der Waals surface area contributed by atoms with E-state index in [0.29, 0.717) is 32.8 Å². The lowest BCUT2D eigenvalue weighted by molar-refractivity contribution is -0.121. The summed E-state index contributed by atoms with van der Waals surface area (Å²) in [6, 6.07) is 17.6. The molecule has 1 fully saturated rings. The van der Waals surface area contributed by atoms with E-state index in [-0.39, 0.29) is 18.0 Å². The van der Waals surface area contributed by atoms with Crippen LogP contribution >= 0.6 is 11.8 Å². The molecule has 0 aromatic heterocycles. The molecular formula is C22H27N3O3S. The number of benzene rings is 2. The third-order valence-electron chi connectivity index (χ3n) is 4.88. The van der Waals surface area contributed by atoms with Crippen molar-refractivity contribution >= 4 is 29.4 Å². The van der Waals surface area contributed by atoms with Crippen molar-refractivity contribution < 1.29 is 14.3 Å². The van der Waals surface area contributed by atoms with E-state index in [1.807, 2.05) is 49.4 Å². The molecule has 3 rings (SSSR count). The Morgan fingerprint density at radius 1 is 1.03 bits per heavy atom. The molecule has 0 spiro atoms. The first-order valence-corrected chi connectivity index (χ1v) is 10.7. The topological polar surface area (TPSA) is 61.9 Å². The summed E-state index contributed by atoms with van der Waals surface area (Å²) in [4.78, 5) is 30.6. The van der Waals surface area contributed by atoms with E-state index in [4.69, 9.17) is 4.74 Å². The van der Waals surface area contributed by atoms with Gasteiger partial charge in [0.1, 0.15) is 0 Å². The second kappa shape index (κ2) is 10.3. The van der Waals surface area contributed by atoms with Crippen molar-refractivity contribution in [2.24, 2.45) is 0 Å². The Balaban J connectivity index is 1.59. The molecule has 0 unspecified atom stereocenters. The van der Waals surface area contributed by atoms with Gasteiger partial charge < -0.3 is 15.0 Å². The molecule has 29 heavy (non-hydrogen) atoms. The number of hydrogen-bond donors (Lipinski definition) is 1. The number of piperazine rings is 1. The number of anilines is 1. The molecule has 0 radical (unpaired) electrons. The molecule has 2 aromatic carbocycles. The van der Waals surface area contributed by atoms with Crippen molar-refractivity contribution in [3.05, 3.63) is 54.6 Å². The van der Waals surface area contributed by atoms with Crippen LogP contribution in [0.4, 0.5) is 10.5 Å². The molecule has 1 aliphatic heterocycles. The van der Waals surface area contributed by atoms with E-state index in [9.17, 15) is 9.59 Å². The van der Waals surface area contributed by atoms with Crippen LogP contribution in [0.25, 0.3) is 0 Å². The first-order valence-electron chi connectivity index (χ1n) is 9.87. The molecule has 0 saturated carbocycles. The van der Waals surface area contributed by atoms with E-state index in [1.54, 1.807) is 23.6 Å². The Kier molecular flexibility index (Phi) is 7.55.